The molecule has 0 unspecified atom stereocenters. The van der Waals surface area contributed by atoms with Gasteiger partial charge in [0.05, 0.1) is 0 Å². The molecule has 2 rings (SSSR count). The van der Waals surface area contributed by atoms with Crippen molar-refractivity contribution in [3.05, 3.63) is 47.3 Å². The van der Waals surface area contributed by atoms with Gasteiger partial charge in [0.25, 0.3) is 0 Å². The third-order valence-electron chi connectivity index (χ3n) is 3.37. The van der Waals surface area contributed by atoms with Crippen molar-refractivity contribution < 1.29 is 0 Å². The van der Waals surface area contributed by atoms with E-state index < -0.39 is 0 Å². The Balaban J connectivity index is 2.02. The molecule has 1 aromatic carbocycles. The first-order chi connectivity index (χ1) is 10.2. The number of aryl methyl sites for hydroxylation is 1. The van der Waals surface area contributed by atoms with Crippen molar-refractivity contribution in [3.8, 4) is 0 Å². The van der Waals surface area contributed by atoms with Gasteiger partial charge in [0.1, 0.15) is 18.0 Å². The van der Waals surface area contributed by atoms with Gasteiger partial charge in [-0.15, -0.1) is 0 Å². The summed E-state index contributed by atoms with van der Waals surface area (Å²) in [5.41, 5.74) is 6.31. The third-order valence-corrected chi connectivity index (χ3v) is 3.37. The Labute approximate surface area is 126 Å². The number of rotatable bonds is 7. The van der Waals surface area contributed by atoms with Crippen molar-refractivity contribution in [1.29, 1.82) is 0 Å². The second-order valence-electron chi connectivity index (χ2n) is 5.11. The molecule has 0 atom stereocenters. The molecule has 1 aromatic heterocycles. The molecule has 1 heterocycles. The number of nitrogens with two attached hydrogens (primary N) is 1. The highest BCUT2D eigenvalue weighted by molar-refractivity contribution is 5.56. The summed E-state index contributed by atoms with van der Waals surface area (Å²) < 4.78 is 0. The number of nitrogens with one attached hydrogen (secondary N) is 2. The van der Waals surface area contributed by atoms with E-state index in [1.807, 2.05) is 0 Å². The van der Waals surface area contributed by atoms with Crippen LogP contribution in [0.1, 0.15) is 30.0 Å². The zero-order valence-electron chi connectivity index (χ0n) is 12.7. The molecule has 5 nitrogen and oxygen atoms in total. The van der Waals surface area contributed by atoms with E-state index in [1.165, 1.54) is 17.5 Å². The zero-order valence-corrected chi connectivity index (χ0v) is 12.7. The molecule has 0 amide bonds. The Hall–Kier alpha value is -2.14. The highest BCUT2D eigenvalue weighted by Gasteiger charge is 2.09. The van der Waals surface area contributed by atoms with Gasteiger partial charge in [0.2, 0.25) is 0 Å². The molecule has 0 saturated carbocycles. The van der Waals surface area contributed by atoms with Crippen LogP contribution < -0.4 is 16.6 Å². The Morgan fingerprint density at radius 1 is 1.14 bits per heavy atom. The Bertz CT molecular complexity index is 583. The van der Waals surface area contributed by atoms with Gasteiger partial charge in [0.15, 0.2) is 0 Å². The minimum atomic E-state index is 0.699. The highest BCUT2D eigenvalue weighted by Crippen LogP contribution is 2.20. The van der Waals surface area contributed by atoms with E-state index in [9.17, 15) is 0 Å². The van der Waals surface area contributed by atoms with Gasteiger partial charge in [-0.05, 0) is 25.3 Å². The van der Waals surface area contributed by atoms with E-state index in [1.54, 1.807) is 0 Å². The second-order valence-corrected chi connectivity index (χ2v) is 5.11. The molecule has 0 saturated heterocycles. The number of hydrogen-bond donors (Lipinski definition) is 3. The summed E-state index contributed by atoms with van der Waals surface area (Å²) in [6.07, 6.45) is 4.41. The molecule has 0 spiro atoms. The van der Waals surface area contributed by atoms with Gasteiger partial charge < -0.3 is 10.7 Å². The number of benzene rings is 1. The number of nitrogens with zero attached hydrogens (tertiary/aromatic N) is 2. The summed E-state index contributed by atoms with van der Waals surface area (Å²) >= 11 is 0. The average molecular weight is 285 g/mol. The second kappa shape index (κ2) is 7.59. The number of nitrogen functional groups attached to an aromatic ring is 1. The van der Waals surface area contributed by atoms with Crippen LogP contribution in [0.25, 0.3) is 0 Å². The van der Waals surface area contributed by atoms with Crippen molar-refractivity contribution in [1.82, 2.24) is 9.97 Å². The van der Waals surface area contributed by atoms with E-state index in [0.29, 0.717) is 5.82 Å². The summed E-state index contributed by atoms with van der Waals surface area (Å²) in [6, 6.07) is 8.56. The Kier molecular flexibility index (Phi) is 5.51. The van der Waals surface area contributed by atoms with Gasteiger partial charge in [-0.2, -0.15) is 0 Å². The predicted octanol–water partition coefficient (Wildman–Crippen LogP) is 2.68. The Morgan fingerprint density at radius 2 is 1.95 bits per heavy atom. The molecule has 0 aliphatic heterocycles. The molecule has 0 fully saturated rings. The van der Waals surface area contributed by atoms with E-state index in [-0.39, 0.29) is 0 Å². The topological polar surface area (TPSA) is 75.9 Å². The van der Waals surface area contributed by atoms with Crippen molar-refractivity contribution in [3.63, 3.8) is 0 Å². The summed E-state index contributed by atoms with van der Waals surface area (Å²) in [6.45, 7) is 5.07. The van der Waals surface area contributed by atoms with Crippen molar-refractivity contribution in [2.45, 2.75) is 33.1 Å². The van der Waals surface area contributed by atoms with E-state index in [4.69, 9.17) is 5.84 Å². The van der Waals surface area contributed by atoms with Crippen LogP contribution in [0.2, 0.25) is 0 Å². The van der Waals surface area contributed by atoms with Crippen LogP contribution in [-0.2, 0) is 12.8 Å². The molecule has 21 heavy (non-hydrogen) atoms. The quantitative estimate of drug-likeness (QED) is 0.538. The molecule has 0 aliphatic carbocycles. The standard InChI is InChI=1S/C16H23N5/c1-3-5-14-15(19-11-20-16(14)21-17)18-9-8-13-7-4-6-12(2)10-13/h4,6-7,10-11H,3,5,8-9,17H2,1-2H3,(H2,18,19,20,21). The lowest BCUT2D eigenvalue weighted by atomic mass is 10.1. The smallest absolute Gasteiger partial charge is 0.148 e. The predicted molar refractivity (Wildman–Crippen MR) is 87.2 cm³/mol. The summed E-state index contributed by atoms with van der Waals surface area (Å²) in [5.74, 6) is 7.09. The van der Waals surface area contributed by atoms with Crippen LogP contribution in [0.5, 0.6) is 0 Å². The van der Waals surface area contributed by atoms with Crippen molar-refractivity contribution >= 4 is 11.6 Å². The molecule has 0 radical (unpaired) electrons. The van der Waals surface area contributed by atoms with Crippen LogP contribution in [0, 0.1) is 6.92 Å². The maximum Gasteiger partial charge on any atom is 0.148 e. The van der Waals surface area contributed by atoms with Crippen LogP contribution in [0.15, 0.2) is 30.6 Å². The van der Waals surface area contributed by atoms with Crippen LogP contribution in [-0.4, -0.2) is 16.5 Å². The third kappa shape index (κ3) is 4.16. The lowest BCUT2D eigenvalue weighted by Gasteiger charge is -2.13. The molecule has 0 aliphatic rings. The van der Waals surface area contributed by atoms with Crippen molar-refractivity contribution in [2.75, 3.05) is 17.3 Å². The number of hydrogen-bond acceptors (Lipinski definition) is 5. The summed E-state index contributed by atoms with van der Waals surface area (Å²) in [4.78, 5) is 8.50. The molecule has 0 bridgehead atoms. The first-order valence-corrected chi connectivity index (χ1v) is 7.34. The van der Waals surface area contributed by atoms with Gasteiger partial charge in [0, 0.05) is 12.1 Å². The minimum absolute atomic E-state index is 0.699. The minimum Gasteiger partial charge on any atom is -0.369 e. The lowest BCUT2D eigenvalue weighted by molar-refractivity contribution is 0.893. The molecular weight excluding hydrogens is 262 g/mol. The van der Waals surface area contributed by atoms with Crippen LogP contribution >= 0.6 is 0 Å². The fraction of sp³-hybridized carbons (Fsp3) is 0.375. The highest BCUT2D eigenvalue weighted by atomic mass is 15.3. The van der Waals surface area contributed by atoms with E-state index in [0.717, 1.165) is 37.2 Å². The SMILES string of the molecule is CCCc1c(NN)ncnc1NCCc1cccc(C)c1. The van der Waals surface area contributed by atoms with Gasteiger partial charge in [-0.1, -0.05) is 43.2 Å². The molecule has 5 heteroatoms. The summed E-state index contributed by atoms with van der Waals surface area (Å²) in [5, 5.41) is 3.39. The van der Waals surface area contributed by atoms with Gasteiger partial charge in [-0.25, -0.2) is 15.8 Å². The Morgan fingerprint density at radius 3 is 2.67 bits per heavy atom. The molecular formula is C16H23N5. The van der Waals surface area contributed by atoms with Crippen LogP contribution in [0.4, 0.5) is 11.6 Å². The number of aromatic nitrogens is 2. The fourth-order valence-corrected chi connectivity index (χ4v) is 2.37. The molecule has 112 valence electrons. The number of anilines is 2. The maximum atomic E-state index is 5.52. The van der Waals surface area contributed by atoms with Crippen molar-refractivity contribution in [2.24, 2.45) is 5.84 Å². The van der Waals surface area contributed by atoms with Crippen LogP contribution in [0.3, 0.4) is 0 Å². The van der Waals surface area contributed by atoms with Gasteiger partial charge in [-0.3, -0.25) is 0 Å². The first kappa shape index (κ1) is 15.3. The van der Waals surface area contributed by atoms with Gasteiger partial charge >= 0.3 is 0 Å². The fourth-order valence-electron chi connectivity index (χ4n) is 2.37. The van der Waals surface area contributed by atoms with E-state index in [2.05, 4.69) is 58.8 Å². The normalized spacial score (nSPS) is 10.4. The average Bonchev–Trinajstić information content (AvgIpc) is 2.49. The first-order valence-electron chi connectivity index (χ1n) is 7.34. The largest absolute Gasteiger partial charge is 0.369 e. The monoisotopic (exact) mass is 285 g/mol. The zero-order chi connectivity index (χ0) is 15.1. The lowest BCUT2D eigenvalue weighted by Crippen LogP contribution is -2.15. The number of hydrazine groups is 1. The molecule has 4 N–H and O–H groups in total. The summed E-state index contributed by atoms with van der Waals surface area (Å²) in [7, 11) is 0. The maximum absolute atomic E-state index is 5.52. The van der Waals surface area contributed by atoms with E-state index >= 15 is 0 Å². The molecule has 2 aromatic rings.